The summed E-state index contributed by atoms with van der Waals surface area (Å²) in [6.45, 7) is 4.26. The van der Waals surface area contributed by atoms with Crippen molar-refractivity contribution in [2.75, 3.05) is 13.1 Å². The minimum Gasteiger partial charge on any atom is -0.409 e. The van der Waals surface area contributed by atoms with Gasteiger partial charge in [0.15, 0.2) is 0 Å². The predicted molar refractivity (Wildman–Crippen MR) is 77.5 cm³/mol. The highest BCUT2D eigenvalue weighted by atomic mass is 16.4. The molecule has 1 heterocycles. The van der Waals surface area contributed by atoms with Crippen molar-refractivity contribution < 1.29 is 5.21 Å². The summed E-state index contributed by atoms with van der Waals surface area (Å²) < 4.78 is 0. The van der Waals surface area contributed by atoms with Crippen LogP contribution in [-0.4, -0.2) is 35.1 Å². The van der Waals surface area contributed by atoms with Crippen molar-refractivity contribution in [3.05, 3.63) is 35.4 Å². The molecule has 1 atom stereocenters. The SMILES string of the molecule is CCC(CC(N)=NO)N1CCc2ccccc2CC1. The van der Waals surface area contributed by atoms with E-state index in [1.807, 2.05) is 0 Å². The zero-order valence-electron chi connectivity index (χ0n) is 11.5. The van der Waals surface area contributed by atoms with Crippen molar-refractivity contribution in [2.45, 2.75) is 38.6 Å². The molecule has 1 aliphatic rings. The standard InChI is InChI=1S/C15H23N3O/c1-2-14(11-15(16)17-19)18-9-7-12-5-3-4-6-13(12)8-10-18/h3-6,14,19H,2,7-11H2,1H3,(H2,16,17). The summed E-state index contributed by atoms with van der Waals surface area (Å²) in [5, 5.41) is 11.8. The van der Waals surface area contributed by atoms with E-state index >= 15 is 0 Å². The lowest BCUT2D eigenvalue weighted by molar-refractivity contribution is 0.202. The first-order valence-electron chi connectivity index (χ1n) is 7.01. The predicted octanol–water partition coefficient (Wildman–Crippen LogP) is 2.00. The van der Waals surface area contributed by atoms with Crippen LogP contribution in [0.25, 0.3) is 0 Å². The number of fused-ring (bicyclic) bond motifs is 1. The van der Waals surface area contributed by atoms with Crippen molar-refractivity contribution in [3.8, 4) is 0 Å². The van der Waals surface area contributed by atoms with E-state index in [0.29, 0.717) is 18.3 Å². The first-order valence-corrected chi connectivity index (χ1v) is 7.01. The second-order valence-corrected chi connectivity index (χ2v) is 5.16. The second kappa shape index (κ2) is 6.57. The Bertz CT molecular complexity index is 418. The molecule has 1 aromatic rings. The first kappa shape index (κ1) is 13.9. The molecule has 1 aromatic carbocycles. The number of oxime groups is 1. The Balaban J connectivity index is 2.03. The average Bonchev–Trinajstić information content (AvgIpc) is 2.67. The number of nitrogens with zero attached hydrogens (tertiary/aromatic N) is 2. The fourth-order valence-corrected chi connectivity index (χ4v) is 2.86. The maximum absolute atomic E-state index is 8.72. The van der Waals surface area contributed by atoms with Gasteiger partial charge < -0.3 is 10.9 Å². The van der Waals surface area contributed by atoms with E-state index in [1.165, 1.54) is 11.1 Å². The van der Waals surface area contributed by atoms with Crippen molar-refractivity contribution in [3.63, 3.8) is 0 Å². The van der Waals surface area contributed by atoms with Crippen LogP contribution in [0.1, 0.15) is 30.9 Å². The van der Waals surface area contributed by atoms with Crippen LogP contribution >= 0.6 is 0 Å². The first-order chi connectivity index (χ1) is 9.24. The summed E-state index contributed by atoms with van der Waals surface area (Å²) in [6.07, 6.45) is 3.83. The van der Waals surface area contributed by atoms with E-state index in [-0.39, 0.29) is 0 Å². The van der Waals surface area contributed by atoms with Crippen molar-refractivity contribution in [2.24, 2.45) is 10.9 Å². The highest BCUT2D eigenvalue weighted by Gasteiger charge is 2.21. The largest absolute Gasteiger partial charge is 0.409 e. The number of hydrogen-bond donors (Lipinski definition) is 2. The van der Waals surface area contributed by atoms with Gasteiger partial charge in [-0.25, -0.2) is 0 Å². The van der Waals surface area contributed by atoms with Crippen LogP contribution in [0.3, 0.4) is 0 Å². The topological polar surface area (TPSA) is 61.9 Å². The fraction of sp³-hybridized carbons (Fsp3) is 0.533. The fourth-order valence-electron chi connectivity index (χ4n) is 2.86. The number of amidine groups is 1. The van der Waals surface area contributed by atoms with Crippen LogP contribution in [0.5, 0.6) is 0 Å². The third kappa shape index (κ3) is 3.47. The Kier molecular flexibility index (Phi) is 4.80. The second-order valence-electron chi connectivity index (χ2n) is 5.16. The van der Waals surface area contributed by atoms with Crippen LogP contribution in [0, 0.1) is 0 Å². The van der Waals surface area contributed by atoms with Gasteiger partial charge in [-0.3, -0.25) is 4.90 Å². The maximum atomic E-state index is 8.72. The van der Waals surface area contributed by atoms with Gasteiger partial charge in [0, 0.05) is 25.6 Å². The summed E-state index contributed by atoms with van der Waals surface area (Å²) >= 11 is 0. The van der Waals surface area contributed by atoms with E-state index in [9.17, 15) is 0 Å². The zero-order valence-corrected chi connectivity index (χ0v) is 11.5. The van der Waals surface area contributed by atoms with Gasteiger partial charge in [0.25, 0.3) is 0 Å². The molecule has 0 spiro atoms. The number of rotatable bonds is 4. The van der Waals surface area contributed by atoms with Crippen LogP contribution in [-0.2, 0) is 12.8 Å². The molecule has 0 saturated heterocycles. The Morgan fingerprint density at radius 3 is 2.37 bits per heavy atom. The summed E-state index contributed by atoms with van der Waals surface area (Å²) in [5.41, 5.74) is 8.58. The van der Waals surface area contributed by atoms with Crippen molar-refractivity contribution >= 4 is 5.84 Å². The molecule has 0 bridgehead atoms. The Hall–Kier alpha value is -1.55. The highest BCUT2D eigenvalue weighted by Crippen LogP contribution is 2.19. The molecule has 0 fully saturated rings. The molecule has 3 N–H and O–H groups in total. The van der Waals surface area contributed by atoms with Crippen molar-refractivity contribution in [1.29, 1.82) is 0 Å². The summed E-state index contributed by atoms with van der Waals surface area (Å²) in [4.78, 5) is 2.47. The van der Waals surface area contributed by atoms with Gasteiger partial charge in [0.2, 0.25) is 0 Å². The monoisotopic (exact) mass is 261 g/mol. The smallest absolute Gasteiger partial charge is 0.140 e. The highest BCUT2D eigenvalue weighted by molar-refractivity contribution is 5.80. The molecule has 0 radical (unpaired) electrons. The molecule has 4 heteroatoms. The maximum Gasteiger partial charge on any atom is 0.140 e. The molecular weight excluding hydrogens is 238 g/mol. The van der Waals surface area contributed by atoms with Gasteiger partial charge in [0.1, 0.15) is 5.84 Å². The average molecular weight is 261 g/mol. The van der Waals surface area contributed by atoms with E-state index < -0.39 is 0 Å². The van der Waals surface area contributed by atoms with E-state index in [2.05, 4.69) is 41.2 Å². The lowest BCUT2D eigenvalue weighted by Crippen LogP contribution is -2.39. The van der Waals surface area contributed by atoms with Crippen LogP contribution < -0.4 is 5.73 Å². The third-order valence-electron chi connectivity index (χ3n) is 4.02. The van der Waals surface area contributed by atoms with Gasteiger partial charge >= 0.3 is 0 Å². The van der Waals surface area contributed by atoms with Gasteiger partial charge in [-0.05, 0) is 30.4 Å². The van der Waals surface area contributed by atoms with Gasteiger partial charge in [-0.15, -0.1) is 0 Å². The molecule has 0 amide bonds. The van der Waals surface area contributed by atoms with Gasteiger partial charge in [-0.1, -0.05) is 36.3 Å². The molecule has 0 saturated carbocycles. The molecular formula is C15H23N3O. The van der Waals surface area contributed by atoms with Gasteiger partial charge in [0.05, 0.1) is 0 Å². The van der Waals surface area contributed by atoms with E-state index in [0.717, 1.165) is 32.4 Å². The lowest BCUT2D eigenvalue weighted by atomic mass is 10.0. The molecule has 0 aromatic heterocycles. The molecule has 1 unspecified atom stereocenters. The number of hydrogen-bond acceptors (Lipinski definition) is 3. The molecule has 0 aliphatic carbocycles. The van der Waals surface area contributed by atoms with Crippen LogP contribution in [0.4, 0.5) is 0 Å². The number of nitrogens with two attached hydrogens (primary N) is 1. The number of benzene rings is 1. The Morgan fingerprint density at radius 2 is 1.89 bits per heavy atom. The Labute approximate surface area is 114 Å². The summed E-state index contributed by atoms with van der Waals surface area (Å²) in [6, 6.07) is 9.04. The van der Waals surface area contributed by atoms with Gasteiger partial charge in [-0.2, -0.15) is 0 Å². The minimum atomic E-state index is 0.327. The molecule has 19 heavy (non-hydrogen) atoms. The molecule has 2 rings (SSSR count). The van der Waals surface area contributed by atoms with E-state index in [1.54, 1.807) is 0 Å². The van der Waals surface area contributed by atoms with E-state index in [4.69, 9.17) is 10.9 Å². The molecule has 4 nitrogen and oxygen atoms in total. The third-order valence-corrected chi connectivity index (χ3v) is 4.02. The summed E-state index contributed by atoms with van der Waals surface area (Å²) in [7, 11) is 0. The van der Waals surface area contributed by atoms with Crippen LogP contribution in [0.15, 0.2) is 29.4 Å². The normalized spacial score (nSPS) is 18.7. The quantitative estimate of drug-likeness (QED) is 0.377. The van der Waals surface area contributed by atoms with Crippen molar-refractivity contribution in [1.82, 2.24) is 4.90 Å². The van der Waals surface area contributed by atoms with Crippen LogP contribution in [0.2, 0.25) is 0 Å². The lowest BCUT2D eigenvalue weighted by Gasteiger charge is -2.29. The molecule has 1 aliphatic heterocycles. The zero-order chi connectivity index (χ0) is 13.7. The minimum absolute atomic E-state index is 0.327. The molecule has 104 valence electrons. The summed E-state index contributed by atoms with van der Waals surface area (Å²) in [5.74, 6) is 0.327. The Morgan fingerprint density at radius 1 is 1.32 bits per heavy atom.